The van der Waals surface area contributed by atoms with Crippen molar-refractivity contribution in [3.63, 3.8) is 0 Å². The zero-order valence-electron chi connectivity index (χ0n) is 38.5. The highest BCUT2D eigenvalue weighted by molar-refractivity contribution is 6.22. The van der Waals surface area contributed by atoms with E-state index < -0.39 is 0 Å². The van der Waals surface area contributed by atoms with Crippen molar-refractivity contribution in [2.24, 2.45) is 0 Å². The summed E-state index contributed by atoms with van der Waals surface area (Å²) in [6, 6.07) is 91.4. The number of benzene rings is 11. The predicted molar refractivity (Wildman–Crippen MR) is 297 cm³/mol. The summed E-state index contributed by atoms with van der Waals surface area (Å²) in [5, 5.41) is 6.73. The van der Waals surface area contributed by atoms with Crippen molar-refractivity contribution in [1.82, 2.24) is 13.7 Å². The van der Waals surface area contributed by atoms with E-state index in [1.165, 1.54) is 11.1 Å². The molecule has 0 fully saturated rings. The Morgan fingerprint density at radius 3 is 1.04 bits per heavy atom. The molecule has 0 aliphatic rings. The van der Waals surface area contributed by atoms with Gasteiger partial charge in [0.15, 0.2) is 0 Å². The fourth-order valence-corrected chi connectivity index (χ4v) is 11.2. The molecule has 0 amide bonds. The van der Waals surface area contributed by atoms with Gasteiger partial charge in [-0.3, -0.25) is 0 Å². The summed E-state index contributed by atoms with van der Waals surface area (Å²) >= 11 is 0. The molecule has 71 heavy (non-hydrogen) atoms. The molecule has 0 unspecified atom stereocenters. The van der Waals surface area contributed by atoms with Gasteiger partial charge in [0, 0.05) is 43.7 Å². The Kier molecular flexibility index (Phi) is 9.23. The molecular formula is C67H42N4. The minimum atomic E-state index is 0.558. The normalized spacial score (nSPS) is 11.6. The second kappa shape index (κ2) is 16.2. The first kappa shape index (κ1) is 40.4. The van der Waals surface area contributed by atoms with Crippen LogP contribution in [0.15, 0.2) is 255 Å². The topological polar surface area (TPSA) is 19.1 Å². The molecule has 0 radical (unpaired) electrons. The van der Waals surface area contributed by atoms with Gasteiger partial charge >= 0.3 is 0 Å². The molecule has 0 saturated carbocycles. The highest BCUT2D eigenvalue weighted by Gasteiger charge is 2.28. The number of hydrogen-bond donors (Lipinski definition) is 0. The molecular weight excluding hydrogens is 861 g/mol. The molecule has 0 aliphatic carbocycles. The van der Waals surface area contributed by atoms with Crippen LogP contribution >= 0.6 is 0 Å². The van der Waals surface area contributed by atoms with Crippen molar-refractivity contribution in [3.05, 3.63) is 266 Å². The van der Waals surface area contributed by atoms with Crippen LogP contribution in [-0.4, -0.2) is 13.7 Å². The first-order chi connectivity index (χ1) is 35.2. The van der Waals surface area contributed by atoms with Crippen molar-refractivity contribution >= 4 is 71.1 Å². The molecule has 330 valence electrons. The van der Waals surface area contributed by atoms with Gasteiger partial charge in [0.05, 0.1) is 45.4 Å². The van der Waals surface area contributed by atoms with Crippen LogP contribution in [0, 0.1) is 6.57 Å². The van der Waals surface area contributed by atoms with Gasteiger partial charge < -0.3 is 13.7 Å². The van der Waals surface area contributed by atoms with Crippen molar-refractivity contribution in [2.45, 2.75) is 0 Å². The first-order valence-electron chi connectivity index (χ1n) is 24.1. The van der Waals surface area contributed by atoms with E-state index in [2.05, 4.69) is 273 Å². The van der Waals surface area contributed by atoms with Gasteiger partial charge in [0.1, 0.15) is 0 Å². The summed E-state index contributed by atoms with van der Waals surface area (Å²) in [6.45, 7) is 9.27. The minimum absolute atomic E-state index is 0.558. The minimum Gasteiger partial charge on any atom is -0.317 e. The molecule has 3 heterocycles. The van der Waals surface area contributed by atoms with Crippen LogP contribution in [0.1, 0.15) is 0 Å². The third-order valence-electron chi connectivity index (χ3n) is 14.4. The van der Waals surface area contributed by atoms with Gasteiger partial charge in [-0.25, -0.2) is 4.85 Å². The van der Waals surface area contributed by atoms with Crippen LogP contribution in [0.2, 0.25) is 0 Å². The largest absolute Gasteiger partial charge is 0.317 e. The van der Waals surface area contributed by atoms with Crippen molar-refractivity contribution in [2.75, 3.05) is 0 Å². The SMILES string of the molecule is [C-]#[N+]c1cc(-n2c3ccc(-c4ccccc4)cc3c3cc(-c4ccccc4)ccc32)c2c3ccccc3n(-c3ccccc3)c2c1-n1c2ccc(-c3ccccc3)cc2c2cc(-c3ccccc3)ccc21. The quantitative estimate of drug-likeness (QED) is 0.142. The standard InChI is InChI=1S/C67H42N4/c1-68-58-43-64(70-60-35-31-48(44-19-7-2-8-20-44)39-54(60)55-40-49(32-36-61(55)70)45-21-9-3-10-22-45)65-53-29-17-18-30-59(53)69(52-27-15-6-16-28-52)67(65)66(58)71-62-37-33-50(46-23-11-4-12-24-46)41-56(62)57-42-51(34-38-63(57)71)47-25-13-5-14-26-47/h2-43H. The lowest BCUT2D eigenvalue weighted by Gasteiger charge is -2.19. The van der Waals surface area contributed by atoms with Gasteiger partial charge in [0.25, 0.3) is 0 Å². The summed E-state index contributed by atoms with van der Waals surface area (Å²) < 4.78 is 7.18. The highest BCUT2D eigenvalue weighted by atomic mass is 15.1. The molecule has 0 atom stereocenters. The molecule has 0 saturated heterocycles. The van der Waals surface area contributed by atoms with Crippen molar-refractivity contribution < 1.29 is 0 Å². The van der Waals surface area contributed by atoms with E-state index >= 15 is 0 Å². The molecule has 3 aromatic heterocycles. The Bertz CT molecular complexity index is 4230. The van der Waals surface area contributed by atoms with Crippen LogP contribution in [0.3, 0.4) is 0 Å². The summed E-state index contributed by atoms with van der Waals surface area (Å²) in [4.78, 5) is 4.57. The molecule has 11 aromatic carbocycles. The number of para-hydroxylation sites is 2. The monoisotopic (exact) mass is 902 g/mol. The Labute approximate surface area is 410 Å². The first-order valence-corrected chi connectivity index (χ1v) is 24.1. The third kappa shape index (κ3) is 6.38. The smallest absolute Gasteiger partial charge is 0.214 e. The van der Waals surface area contributed by atoms with Crippen LogP contribution < -0.4 is 0 Å². The molecule has 14 aromatic rings. The zero-order valence-corrected chi connectivity index (χ0v) is 38.5. The Hall–Kier alpha value is -9.69. The Balaban J connectivity index is 1.14. The number of aromatic nitrogens is 3. The number of fused-ring (bicyclic) bond motifs is 9. The molecule has 0 aliphatic heterocycles. The van der Waals surface area contributed by atoms with Crippen LogP contribution in [0.5, 0.6) is 0 Å². The van der Waals surface area contributed by atoms with E-state index in [0.29, 0.717) is 5.69 Å². The highest BCUT2D eigenvalue weighted by Crippen LogP contribution is 2.49. The van der Waals surface area contributed by atoms with E-state index in [0.717, 1.165) is 116 Å². The second-order valence-electron chi connectivity index (χ2n) is 18.3. The fraction of sp³-hybridized carbons (Fsp3) is 0. The van der Waals surface area contributed by atoms with E-state index in [1.807, 2.05) is 0 Å². The van der Waals surface area contributed by atoms with Crippen LogP contribution in [-0.2, 0) is 0 Å². The molecule has 14 rings (SSSR count). The zero-order chi connectivity index (χ0) is 47.0. The van der Waals surface area contributed by atoms with E-state index in [1.54, 1.807) is 0 Å². The number of rotatable bonds is 7. The lowest BCUT2D eigenvalue weighted by atomic mass is 10.0. The van der Waals surface area contributed by atoms with Crippen molar-refractivity contribution in [3.8, 4) is 61.6 Å². The molecule has 4 heteroatoms. The summed E-state index contributed by atoms with van der Waals surface area (Å²) in [6.07, 6.45) is 0. The maximum atomic E-state index is 9.27. The Morgan fingerprint density at radius 1 is 0.282 bits per heavy atom. The molecule has 0 spiro atoms. The summed E-state index contributed by atoms with van der Waals surface area (Å²) in [5.74, 6) is 0. The molecule has 0 N–H and O–H groups in total. The van der Waals surface area contributed by atoms with Crippen molar-refractivity contribution in [1.29, 1.82) is 0 Å². The summed E-state index contributed by atoms with van der Waals surface area (Å²) in [5.41, 5.74) is 18.9. The van der Waals surface area contributed by atoms with E-state index in [9.17, 15) is 6.57 Å². The van der Waals surface area contributed by atoms with Gasteiger partial charge in [-0.15, -0.1) is 0 Å². The van der Waals surface area contributed by atoms with Gasteiger partial charge in [0.2, 0.25) is 5.69 Å². The number of nitrogens with zero attached hydrogens (tertiary/aromatic N) is 4. The average molecular weight is 903 g/mol. The van der Waals surface area contributed by atoms with Gasteiger partial charge in [-0.2, -0.15) is 0 Å². The Morgan fingerprint density at radius 2 is 0.634 bits per heavy atom. The molecule has 4 nitrogen and oxygen atoms in total. The van der Waals surface area contributed by atoms with E-state index in [-0.39, 0.29) is 0 Å². The fourth-order valence-electron chi connectivity index (χ4n) is 11.2. The predicted octanol–water partition coefficient (Wildman–Crippen LogP) is 18.2. The van der Waals surface area contributed by atoms with Crippen LogP contribution in [0.25, 0.3) is 132 Å². The maximum Gasteiger partial charge on any atom is 0.214 e. The van der Waals surface area contributed by atoms with Gasteiger partial charge in [-0.05, 0) is 117 Å². The number of hydrogen-bond acceptors (Lipinski definition) is 0. The maximum absolute atomic E-state index is 9.27. The van der Waals surface area contributed by atoms with Gasteiger partial charge in [-0.1, -0.05) is 182 Å². The third-order valence-corrected chi connectivity index (χ3v) is 14.4. The lowest BCUT2D eigenvalue weighted by molar-refractivity contribution is 1.13. The summed E-state index contributed by atoms with van der Waals surface area (Å²) in [7, 11) is 0. The van der Waals surface area contributed by atoms with Crippen LogP contribution in [0.4, 0.5) is 5.69 Å². The molecule has 0 bridgehead atoms. The lowest BCUT2D eigenvalue weighted by Crippen LogP contribution is -2.03. The average Bonchev–Trinajstić information content (AvgIpc) is 4.09. The van der Waals surface area contributed by atoms with E-state index in [4.69, 9.17) is 0 Å². The second-order valence-corrected chi connectivity index (χ2v) is 18.3.